The van der Waals surface area contributed by atoms with Crippen LogP contribution in [0.3, 0.4) is 0 Å². The third-order valence-corrected chi connectivity index (χ3v) is 2.24. The van der Waals surface area contributed by atoms with Gasteiger partial charge < -0.3 is 20.1 Å². The van der Waals surface area contributed by atoms with Crippen molar-refractivity contribution in [2.45, 2.75) is 26.0 Å². The van der Waals surface area contributed by atoms with E-state index in [4.69, 9.17) is 10.2 Å². The van der Waals surface area contributed by atoms with Gasteiger partial charge in [-0.3, -0.25) is 4.79 Å². The molecule has 0 spiro atoms. The van der Waals surface area contributed by atoms with Crippen molar-refractivity contribution in [3.05, 3.63) is 24.0 Å². The van der Waals surface area contributed by atoms with Gasteiger partial charge in [-0.25, -0.2) is 0 Å². The molecule has 0 fully saturated rings. The van der Waals surface area contributed by atoms with E-state index in [1.54, 1.807) is 6.07 Å². The van der Waals surface area contributed by atoms with Gasteiger partial charge in [-0.15, -0.1) is 0 Å². The lowest BCUT2D eigenvalue weighted by Gasteiger charge is -2.10. The average molecular weight is 226 g/mol. The predicted octanol–water partition coefficient (Wildman–Crippen LogP) is -0.0189. The first-order valence-corrected chi connectivity index (χ1v) is 5.41. The molecule has 1 aromatic rings. The Balaban J connectivity index is 2.55. The number of aliphatic hydroxyl groups is 2. The van der Waals surface area contributed by atoms with Gasteiger partial charge in [0.25, 0.3) is 5.91 Å². The zero-order valence-electron chi connectivity index (χ0n) is 9.39. The number of carbonyl (C=O) groups excluding carboxylic acids is 1. The maximum absolute atomic E-state index is 11.7. The molecule has 5 heteroatoms. The first-order valence-electron chi connectivity index (χ1n) is 5.41. The molecule has 1 aromatic heterocycles. The monoisotopic (exact) mass is 226 g/mol. The molecule has 1 amide bonds. The van der Waals surface area contributed by atoms with E-state index >= 15 is 0 Å². The maximum Gasteiger partial charge on any atom is 0.267 e. The number of nitrogens with one attached hydrogen (secondary N) is 1. The Hall–Kier alpha value is -1.33. The number of aliphatic hydroxyl groups excluding tert-OH is 2. The second-order valence-corrected chi connectivity index (χ2v) is 3.63. The molecule has 16 heavy (non-hydrogen) atoms. The van der Waals surface area contributed by atoms with E-state index in [0.29, 0.717) is 5.69 Å². The lowest BCUT2D eigenvalue weighted by atomic mass is 10.3. The molecule has 5 nitrogen and oxygen atoms in total. The number of rotatable bonds is 6. The summed E-state index contributed by atoms with van der Waals surface area (Å²) in [6, 6.07) is 3.55. The van der Waals surface area contributed by atoms with Crippen LogP contribution in [0.2, 0.25) is 0 Å². The molecule has 1 atom stereocenters. The van der Waals surface area contributed by atoms with Crippen LogP contribution in [0.25, 0.3) is 0 Å². The SMILES string of the molecule is CCCn1cccc1C(=O)NCC(O)CO. The Morgan fingerprint density at radius 3 is 3.00 bits per heavy atom. The molecule has 0 aliphatic carbocycles. The molecular weight excluding hydrogens is 208 g/mol. The second kappa shape index (κ2) is 6.30. The van der Waals surface area contributed by atoms with E-state index in [1.165, 1.54) is 0 Å². The van der Waals surface area contributed by atoms with Crippen LogP contribution in [0.4, 0.5) is 0 Å². The maximum atomic E-state index is 11.7. The number of carbonyl (C=O) groups is 1. The number of hydrogen-bond acceptors (Lipinski definition) is 3. The molecule has 0 bridgehead atoms. The summed E-state index contributed by atoms with van der Waals surface area (Å²) in [5, 5.41) is 20.3. The van der Waals surface area contributed by atoms with Crippen LogP contribution in [0, 0.1) is 0 Å². The zero-order valence-corrected chi connectivity index (χ0v) is 9.39. The summed E-state index contributed by atoms with van der Waals surface area (Å²) in [6.07, 6.45) is 1.90. The predicted molar refractivity (Wildman–Crippen MR) is 60.1 cm³/mol. The fourth-order valence-electron chi connectivity index (χ4n) is 1.42. The van der Waals surface area contributed by atoms with Crippen molar-refractivity contribution < 1.29 is 15.0 Å². The Bertz CT molecular complexity index is 336. The van der Waals surface area contributed by atoms with Crippen LogP contribution < -0.4 is 5.32 Å². The van der Waals surface area contributed by atoms with Crippen molar-refractivity contribution in [1.29, 1.82) is 0 Å². The van der Waals surface area contributed by atoms with Crippen molar-refractivity contribution >= 4 is 5.91 Å². The van der Waals surface area contributed by atoms with Crippen LogP contribution in [0.5, 0.6) is 0 Å². The third-order valence-electron chi connectivity index (χ3n) is 2.24. The normalized spacial score (nSPS) is 12.4. The molecule has 0 saturated carbocycles. The molecule has 1 heterocycles. The molecule has 3 N–H and O–H groups in total. The molecule has 0 aliphatic rings. The van der Waals surface area contributed by atoms with Crippen molar-refractivity contribution in [2.24, 2.45) is 0 Å². The molecule has 1 unspecified atom stereocenters. The van der Waals surface area contributed by atoms with E-state index in [9.17, 15) is 4.79 Å². The van der Waals surface area contributed by atoms with Gasteiger partial charge >= 0.3 is 0 Å². The van der Waals surface area contributed by atoms with Gasteiger partial charge in [-0.2, -0.15) is 0 Å². The molecule has 0 aliphatic heterocycles. The van der Waals surface area contributed by atoms with Crippen molar-refractivity contribution in [3.8, 4) is 0 Å². The molecule has 0 aromatic carbocycles. The Morgan fingerprint density at radius 2 is 2.38 bits per heavy atom. The van der Waals surface area contributed by atoms with Gasteiger partial charge in [0.15, 0.2) is 0 Å². The molecule has 90 valence electrons. The molecule has 1 rings (SSSR count). The van der Waals surface area contributed by atoms with Crippen LogP contribution in [0.1, 0.15) is 23.8 Å². The quantitative estimate of drug-likeness (QED) is 0.638. The van der Waals surface area contributed by atoms with Gasteiger partial charge in [-0.1, -0.05) is 6.92 Å². The minimum absolute atomic E-state index is 0.0621. The Morgan fingerprint density at radius 1 is 1.62 bits per heavy atom. The number of nitrogens with zero attached hydrogens (tertiary/aromatic N) is 1. The number of hydrogen-bond donors (Lipinski definition) is 3. The first-order chi connectivity index (χ1) is 7.69. The highest BCUT2D eigenvalue weighted by Gasteiger charge is 2.11. The summed E-state index contributed by atoms with van der Waals surface area (Å²) in [5.74, 6) is -0.231. The Kier molecular flexibility index (Phi) is 5.01. The molecule has 0 radical (unpaired) electrons. The van der Waals surface area contributed by atoms with Crippen LogP contribution >= 0.6 is 0 Å². The van der Waals surface area contributed by atoms with Crippen molar-refractivity contribution in [3.63, 3.8) is 0 Å². The zero-order chi connectivity index (χ0) is 12.0. The smallest absolute Gasteiger partial charge is 0.267 e. The standard InChI is InChI=1S/C11H18N2O3/c1-2-5-13-6-3-4-10(13)11(16)12-7-9(15)8-14/h3-4,6,9,14-15H,2,5,7-8H2,1H3,(H,12,16). The first kappa shape index (κ1) is 12.7. The van der Waals surface area contributed by atoms with Gasteiger partial charge in [0.1, 0.15) is 5.69 Å². The summed E-state index contributed by atoms with van der Waals surface area (Å²) in [4.78, 5) is 11.7. The van der Waals surface area contributed by atoms with Gasteiger partial charge in [-0.05, 0) is 18.6 Å². The highest BCUT2D eigenvalue weighted by atomic mass is 16.3. The fraction of sp³-hybridized carbons (Fsp3) is 0.545. The molecule has 0 saturated heterocycles. The summed E-state index contributed by atoms with van der Waals surface area (Å²) >= 11 is 0. The molecular formula is C11H18N2O3. The van der Waals surface area contributed by atoms with Gasteiger partial charge in [0.05, 0.1) is 12.7 Å². The topological polar surface area (TPSA) is 74.5 Å². The minimum atomic E-state index is -0.904. The minimum Gasteiger partial charge on any atom is -0.394 e. The third kappa shape index (κ3) is 3.36. The lowest BCUT2D eigenvalue weighted by molar-refractivity contribution is 0.0796. The largest absolute Gasteiger partial charge is 0.394 e. The van der Waals surface area contributed by atoms with E-state index in [0.717, 1.165) is 13.0 Å². The summed E-state index contributed by atoms with van der Waals surface area (Å²) in [6.45, 7) is 2.54. The van der Waals surface area contributed by atoms with E-state index in [1.807, 2.05) is 23.8 Å². The number of amides is 1. The fourth-order valence-corrected chi connectivity index (χ4v) is 1.42. The number of aryl methyl sites for hydroxylation is 1. The summed E-state index contributed by atoms with van der Waals surface area (Å²) in [5.41, 5.74) is 0.576. The van der Waals surface area contributed by atoms with Crippen LogP contribution in [-0.4, -0.2) is 39.9 Å². The van der Waals surface area contributed by atoms with Crippen LogP contribution in [0.15, 0.2) is 18.3 Å². The van der Waals surface area contributed by atoms with Gasteiger partial charge in [0, 0.05) is 19.3 Å². The van der Waals surface area contributed by atoms with Gasteiger partial charge in [0.2, 0.25) is 0 Å². The summed E-state index contributed by atoms with van der Waals surface area (Å²) < 4.78 is 1.86. The highest BCUT2D eigenvalue weighted by molar-refractivity contribution is 5.92. The summed E-state index contributed by atoms with van der Waals surface area (Å²) in [7, 11) is 0. The van der Waals surface area contributed by atoms with E-state index in [2.05, 4.69) is 5.32 Å². The van der Waals surface area contributed by atoms with Crippen LogP contribution in [-0.2, 0) is 6.54 Å². The van der Waals surface area contributed by atoms with E-state index < -0.39 is 6.10 Å². The highest BCUT2D eigenvalue weighted by Crippen LogP contribution is 2.03. The second-order valence-electron chi connectivity index (χ2n) is 3.63. The average Bonchev–Trinajstić information content (AvgIpc) is 2.74. The lowest BCUT2D eigenvalue weighted by Crippen LogP contribution is -2.34. The van der Waals surface area contributed by atoms with Crippen molar-refractivity contribution in [2.75, 3.05) is 13.2 Å². The Labute approximate surface area is 94.7 Å². The number of aromatic nitrogens is 1. The van der Waals surface area contributed by atoms with E-state index in [-0.39, 0.29) is 19.1 Å². The van der Waals surface area contributed by atoms with Crippen molar-refractivity contribution in [1.82, 2.24) is 9.88 Å².